The lowest BCUT2D eigenvalue weighted by Gasteiger charge is -2.40. The number of anilines is 1. The molecule has 1 atom stereocenters. The molecule has 1 unspecified atom stereocenters. The number of rotatable bonds is 3. The highest BCUT2D eigenvalue weighted by Crippen LogP contribution is 2.64. The molecule has 0 fully saturated rings. The van der Waals surface area contributed by atoms with Gasteiger partial charge >= 0.3 is 0 Å². The fourth-order valence-corrected chi connectivity index (χ4v) is 9.62. The van der Waals surface area contributed by atoms with Crippen LogP contribution in [0.25, 0.3) is 43.8 Å². The Bertz CT molecular complexity index is 3000. The molecule has 3 heteroatoms. The molecule has 1 aliphatic carbocycles. The van der Waals surface area contributed by atoms with Crippen molar-refractivity contribution in [1.29, 1.82) is 0 Å². The lowest BCUT2D eigenvalue weighted by Crippen LogP contribution is -2.32. The fourth-order valence-electron chi connectivity index (χ4n) is 9.62. The first-order chi connectivity index (χ1) is 27.8. The number of ether oxygens (including phenoxy) is 1. The van der Waals surface area contributed by atoms with Crippen molar-refractivity contribution in [2.45, 2.75) is 11.6 Å². The number of benzene rings is 9. The number of para-hydroxylation sites is 1. The summed E-state index contributed by atoms with van der Waals surface area (Å²) in [6, 6.07) is 70.3. The number of aliphatic imine (C=N–C) groups is 1. The summed E-state index contributed by atoms with van der Waals surface area (Å²) in [5.41, 5.74) is 14.6. The van der Waals surface area contributed by atoms with Crippen LogP contribution in [0.3, 0.4) is 0 Å². The molecule has 12 rings (SSSR count). The van der Waals surface area contributed by atoms with Gasteiger partial charge in [0.1, 0.15) is 17.7 Å². The number of fused-ring (bicyclic) bond motifs is 14. The Kier molecular flexibility index (Phi) is 6.61. The van der Waals surface area contributed by atoms with Crippen molar-refractivity contribution in [3.8, 4) is 33.8 Å². The van der Waals surface area contributed by atoms with Crippen molar-refractivity contribution in [1.82, 2.24) is 0 Å². The van der Waals surface area contributed by atoms with Crippen LogP contribution in [0.2, 0.25) is 0 Å². The summed E-state index contributed by atoms with van der Waals surface area (Å²) in [4.78, 5) is 5.27. The van der Waals surface area contributed by atoms with Gasteiger partial charge < -0.3 is 10.1 Å². The van der Waals surface area contributed by atoms with Gasteiger partial charge in [0.05, 0.1) is 11.1 Å². The second-order valence-corrected chi connectivity index (χ2v) is 15.0. The first-order valence-electron chi connectivity index (χ1n) is 19.3. The average molecular weight is 715 g/mol. The third-order valence-corrected chi connectivity index (χ3v) is 12.2. The van der Waals surface area contributed by atoms with E-state index in [1.54, 1.807) is 0 Å². The molecule has 1 N–H and O–H groups in total. The maximum atomic E-state index is 7.15. The Hall–Kier alpha value is -7.23. The summed E-state index contributed by atoms with van der Waals surface area (Å²) in [6.45, 7) is 0. The highest BCUT2D eigenvalue weighted by molar-refractivity contribution is 6.17. The van der Waals surface area contributed by atoms with E-state index in [-0.39, 0.29) is 6.17 Å². The molecule has 0 aromatic heterocycles. The molecule has 0 amide bonds. The zero-order valence-electron chi connectivity index (χ0n) is 30.4. The summed E-state index contributed by atoms with van der Waals surface area (Å²) < 4.78 is 7.15. The highest BCUT2D eigenvalue weighted by atomic mass is 16.5. The zero-order valence-corrected chi connectivity index (χ0v) is 30.4. The molecule has 1 spiro atoms. The SMILES string of the molecule is c1ccc(C2N=C(c3ccc(-c4ccc5c(c4)C4(c6ccccc6-5)c5ccc6ccccc6c5Oc5c4ccc4ccccc54)cc3)c3ccccc3N2)cc1. The summed E-state index contributed by atoms with van der Waals surface area (Å²) in [5, 5.41) is 8.23. The van der Waals surface area contributed by atoms with Crippen molar-refractivity contribution >= 4 is 32.9 Å². The van der Waals surface area contributed by atoms with Crippen molar-refractivity contribution in [3.63, 3.8) is 0 Å². The smallest absolute Gasteiger partial charge is 0.145 e. The van der Waals surface area contributed by atoms with E-state index in [2.05, 4.69) is 193 Å². The van der Waals surface area contributed by atoms with E-state index in [0.717, 1.165) is 55.9 Å². The van der Waals surface area contributed by atoms with Gasteiger partial charge in [0.25, 0.3) is 0 Å². The molecule has 2 aliphatic heterocycles. The van der Waals surface area contributed by atoms with E-state index in [0.29, 0.717) is 0 Å². The van der Waals surface area contributed by atoms with Gasteiger partial charge in [0.2, 0.25) is 0 Å². The maximum Gasteiger partial charge on any atom is 0.145 e. The van der Waals surface area contributed by atoms with E-state index in [1.807, 2.05) is 6.07 Å². The number of nitrogens with zero attached hydrogens (tertiary/aromatic N) is 1. The predicted octanol–water partition coefficient (Wildman–Crippen LogP) is 13.1. The predicted molar refractivity (Wildman–Crippen MR) is 229 cm³/mol. The molecule has 0 bridgehead atoms. The molecule has 9 aromatic rings. The first kappa shape index (κ1) is 31.2. The van der Waals surface area contributed by atoms with Crippen molar-refractivity contribution in [2.75, 3.05) is 5.32 Å². The summed E-state index contributed by atoms with van der Waals surface area (Å²) in [7, 11) is 0. The van der Waals surface area contributed by atoms with Gasteiger partial charge in [-0.1, -0.05) is 182 Å². The van der Waals surface area contributed by atoms with Crippen LogP contribution in [0.4, 0.5) is 5.69 Å². The number of nitrogens with one attached hydrogen (secondary N) is 1. The molecule has 262 valence electrons. The summed E-state index contributed by atoms with van der Waals surface area (Å²) >= 11 is 0. The van der Waals surface area contributed by atoms with Gasteiger partial charge in [-0.3, -0.25) is 4.99 Å². The quantitative estimate of drug-likeness (QED) is 0.198. The van der Waals surface area contributed by atoms with E-state index in [9.17, 15) is 0 Å². The molecule has 9 aromatic carbocycles. The van der Waals surface area contributed by atoms with E-state index in [4.69, 9.17) is 9.73 Å². The van der Waals surface area contributed by atoms with Crippen LogP contribution in [0.5, 0.6) is 11.5 Å². The van der Waals surface area contributed by atoms with Gasteiger partial charge in [-0.25, -0.2) is 0 Å². The third-order valence-electron chi connectivity index (χ3n) is 12.2. The fraction of sp³-hybridized carbons (Fsp3) is 0.0377. The Morgan fingerprint density at radius 3 is 1.73 bits per heavy atom. The average Bonchev–Trinajstić information content (AvgIpc) is 3.56. The van der Waals surface area contributed by atoms with Crippen molar-refractivity contribution < 1.29 is 4.74 Å². The largest absolute Gasteiger partial charge is 0.455 e. The third kappa shape index (κ3) is 4.37. The van der Waals surface area contributed by atoms with E-state index < -0.39 is 5.41 Å². The van der Waals surface area contributed by atoms with Crippen LogP contribution < -0.4 is 10.1 Å². The van der Waals surface area contributed by atoms with Gasteiger partial charge in [-0.2, -0.15) is 0 Å². The molecule has 3 aliphatic rings. The number of hydrogen-bond acceptors (Lipinski definition) is 3. The van der Waals surface area contributed by atoms with Gasteiger partial charge in [0, 0.05) is 38.7 Å². The zero-order chi connectivity index (χ0) is 36.8. The lowest BCUT2D eigenvalue weighted by atomic mass is 9.65. The summed E-state index contributed by atoms with van der Waals surface area (Å²) in [6.07, 6.45) is -0.158. The minimum Gasteiger partial charge on any atom is -0.455 e. The number of hydrogen-bond donors (Lipinski definition) is 1. The van der Waals surface area contributed by atoms with Gasteiger partial charge in [-0.05, 0) is 61.8 Å². The molecule has 0 saturated carbocycles. The van der Waals surface area contributed by atoms with Gasteiger partial charge in [-0.15, -0.1) is 0 Å². The Morgan fingerprint density at radius 2 is 1.00 bits per heavy atom. The van der Waals surface area contributed by atoms with Gasteiger partial charge in [0.15, 0.2) is 0 Å². The minimum atomic E-state index is -0.584. The van der Waals surface area contributed by atoms with Crippen molar-refractivity contribution in [2.24, 2.45) is 4.99 Å². The molecular formula is C53H34N2O. The minimum absolute atomic E-state index is 0.158. The lowest BCUT2D eigenvalue weighted by molar-refractivity contribution is 0.447. The Morgan fingerprint density at radius 1 is 0.429 bits per heavy atom. The molecular weight excluding hydrogens is 681 g/mol. The molecule has 56 heavy (non-hydrogen) atoms. The molecule has 0 radical (unpaired) electrons. The highest BCUT2D eigenvalue weighted by Gasteiger charge is 2.51. The normalized spacial score (nSPS) is 15.5. The van der Waals surface area contributed by atoms with Crippen LogP contribution in [0, 0.1) is 0 Å². The second-order valence-electron chi connectivity index (χ2n) is 15.0. The topological polar surface area (TPSA) is 33.6 Å². The maximum absolute atomic E-state index is 7.15. The second kappa shape index (κ2) is 11.9. The molecule has 3 nitrogen and oxygen atoms in total. The van der Waals surface area contributed by atoms with Crippen LogP contribution >= 0.6 is 0 Å². The van der Waals surface area contributed by atoms with Crippen LogP contribution in [-0.2, 0) is 5.41 Å². The summed E-state index contributed by atoms with van der Waals surface area (Å²) in [5.74, 6) is 1.86. The molecule has 0 saturated heterocycles. The van der Waals surface area contributed by atoms with Crippen molar-refractivity contribution in [3.05, 3.63) is 233 Å². The first-order valence-corrected chi connectivity index (χ1v) is 19.3. The van der Waals surface area contributed by atoms with Crippen LogP contribution in [0.15, 0.2) is 199 Å². The molecule has 2 heterocycles. The Labute approximate surface area is 325 Å². The van der Waals surface area contributed by atoms with Crippen LogP contribution in [0.1, 0.15) is 45.1 Å². The van der Waals surface area contributed by atoms with E-state index in [1.165, 1.54) is 49.7 Å². The Balaban J connectivity index is 1.05. The van der Waals surface area contributed by atoms with Crippen LogP contribution in [-0.4, -0.2) is 5.71 Å². The van der Waals surface area contributed by atoms with E-state index >= 15 is 0 Å². The standard InChI is InChI=1S/C53H34N2O/c1-2-14-37(15-3-1)52-54-48-21-11-9-19-43(48)49(55-52)36-24-22-33(23-25-36)38-26-29-42-41-18-8-10-20-44(41)53(47(42)32-38)45-30-27-34-12-4-6-16-39(34)50(45)56-51-40-17-7-5-13-35(40)28-31-46(51)53/h1-32,52,54H. The monoisotopic (exact) mass is 714 g/mol.